The van der Waals surface area contributed by atoms with E-state index >= 15 is 0 Å². The molecule has 0 amide bonds. The van der Waals surface area contributed by atoms with Crippen LogP contribution in [0, 0.1) is 11.5 Å². The van der Waals surface area contributed by atoms with E-state index in [1.165, 1.54) is 0 Å². The first-order valence-corrected chi connectivity index (χ1v) is 6.19. The molecule has 0 aromatic heterocycles. The van der Waals surface area contributed by atoms with Gasteiger partial charge in [-0.05, 0) is 0 Å². The minimum absolute atomic E-state index is 1.52. The van der Waals surface area contributed by atoms with Crippen LogP contribution in [0.2, 0.25) is 19.6 Å². The van der Waals surface area contributed by atoms with Gasteiger partial charge in [-0.3, -0.25) is 4.84 Å². The van der Waals surface area contributed by atoms with Crippen LogP contribution in [0.25, 0.3) is 0 Å². The van der Waals surface area contributed by atoms with Crippen molar-refractivity contribution in [3.05, 3.63) is 0 Å². The van der Waals surface area contributed by atoms with Crippen LogP contribution in [0.4, 0.5) is 0 Å². The Kier molecular flexibility index (Phi) is 2.24. The van der Waals surface area contributed by atoms with Gasteiger partial charge < -0.3 is 0 Å². The molecule has 0 aromatic rings. The Hall–Kier alpha value is -0.303. The highest BCUT2D eigenvalue weighted by molar-refractivity contribution is 6.83. The fraction of sp³-hybridized carbons (Fsp3) is 0.667. The van der Waals surface area contributed by atoms with E-state index in [-0.39, 0.29) is 0 Å². The summed E-state index contributed by atoms with van der Waals surface area (Å²) >= 11 is 0. The Balaban J connectivity index is 4.29. The molecule has 0 aliphatic heterocycles. The van der Waals surface area contributed by atoms with Crippen molar-refractivity contribution in [3.8, 4) is 11.5 Å². The fourth-order valence-corrected chi connectivity index (χ4v) is 0.669. The van der Waals surface area contributed by atoms with Gasteiger partial charge >= 0.3 is 0 Å². The largest absolute Gasteiger partial charge is 0.292 e. The summed E-state index contributed by atoms with van der Waals surface area (Å²) in [4.78, 5) is 4.01. The molecule has 0 radical (unpaired) electrons. The fourth-order valence-electron chi connectivity index (χ4n) is 0.242. The van der Waals surface area contributed by atoms with Crippen molar-refractivity contribution in [1.82, 2.24) is 0 Å². The molecule has 0 atom stereocenters. The molecule has 0 saturated carbocycles. The highest BCUT2D eigenvalue weighted by atomic mass is 28.3. The van der Waals surface area contributed by atoms with Crippen LogP contribution >= 0.6 is 0 Å². The van der Waals surface area contributed by atoms with Crippen LogP contribution in [-0.4, -0.2) is 14.6 Å². The zero-order chi connectivity index (χ0) is 9.12. The lowest BCUT2D eigenvalue weighted by Crippen LogP contribution is -2.16. The van der Waals surface area contributed by atoms with Crippen molar-refractivity contribution in [2.45, 2.75) is 19.6 Å². The third-order valence-corrected chi connectivity index (χ3v) is 1.42. The Morgan fingerprint density at radius 1 is 1.67 bits per heavy atom. The predicted molar refractivity (Wildman–Crippen MR) is 41.3 cm³/mol. The maximum atomic E-state index is 7.02. The van der Waals surface area contributed by atoms with Gasteiger partial charge in [0.1, 0.15) is 14.6 Å². The van der Waals surface area contributed by atoms with Gasteiger partial charge in [0.25, 0.3) is 0 Å². The highest BCUT2D eigenvalue weighted by Crippen LogP contribution is 1.95. The van der Waals surface area contributed by atoms with Crippen LogP contribution in [0.15, 0.2) is 0 Å². The van der Waals surface area contributed by atoms with Crippen molar-refractivity contribution < 1.29 is 7.58 Å². The van der Waals surface area contributed by atoms with Gasteiger partial charge in [0.05, 0.1) is 2.74 Å². The summed E-state index contributed by atoms with van der Waals surface area (Å²) in [7, 11) is -1.52. The molecule has 0 aromatic carbocycles. The van der Waals surface area contributed by atoms with Crippen molar-refractivity contribution in [1.29, 1.82) is 0 Å². The molecule has 9 heavy (non-hydrogen) atoms. The molecule has 0 fully saturated rings. The lowest BCUT2D eigenvalue weighted by molar-refractivity contribution is 0.173. The van der Waals surface area contributed by atoms with Gasteiger partial charge in [-0.1, -0.05) is 25.6 Å². The van der Waals surface area contributed by atoms with E-state index < -0.39 is 14.6 Å². The Morgan fingerprint density at radius 2 is 2.22 bits per heavy atom. The first-order valence-electron chi connectivity index (χ1n) is 3.69. The molecule has 2 N–H and O–H groups in total. The van der Waals surface area contributed by atoms with Gasteiger partial charge in [-0.15, -0.1) is 5.54 Å². The SMILES string of the molecule is [2H]C([2H])(C#C[Si](C)(C)C)ON. The first-order chi connectivity index (χ1) is 4.77. The van der Waals surface area contributed by atoms with Crippen LogP contribution < -0.4 is 5.90 Å². The molecular formula is C6H13NOSi. The number of rotatable bonds is 1. The highest BCUT2D eigenvalue weighted by Gasteiger charge is 2.06. The summed E-state index contributed by atoms with van der Waals surface area (Å²) in [6.07, 6.45) is 0. The van der Waals surface area contributed by atoms with Gasteiger partial charge in [-0.25, -0.2) is 5.90 Å². The summed E-state index contributed by atoms with van der Waals surface area (Å²) in [5.41, 5.74) is 2.82. The van der Waals surface area contributed by atoms with Crippen LogP contribution in [0.1, 0.15) is 2.74 Å². The van der Waals surface area contributed by atoms with Crippen LogP contribution in [-0.2, 0) is 4.84 Å². The van der Waals surface area contributed by atoms with Gasteiger partial charge in [0, 0.05) is 0 Å². The second-order valence-corrected chi connectivity index (χ2v) is 7.47. The molecule has 0 aliphatic carbocycles. The van der Waals surface area contributed by atoms with E-state index in [1.54, 1.807) is 0 Å². The second kappa shape index (κ2) is 3.67. The Bertz CT molecular complexity index is 189. The van der Waals surface area contributed by atoms with E-state index in [9.17, 15) is 0 Å². The zero-order valence-corrected chi connectivity index (χ0v) is 6.99. The van der Waals surface area contributed by atoms with Gasteiger partial charge in [0.2, 0.25) is 0 Å². The van der Waals surface area contributed by atoms with Gasteiger partial charge in [-0.2, -0.15) is 0 Å². The Labute approximate surface area is 60.2 Å². The molecule has 0 bridgehead atoms. The first kappa shape index (κ1) is 5.48. The molecule has 0 unspecified atom stereocenters. The Morgan fingerprint density at radius 3 is 2.56 bits per heavy atom. The lowest BCUT2D eigenvalue weighted by Gasteiger charge is -2.02. The van der Waals surface area contributed by atoms with E-state index in [0.717, 1.165) is 0 Å². The van der Waals surface area contributed by atoms with E-state index in [0.29, 0.717) is 0 Å². The van der Waals surface area contributed by atoms with E-state index in [1.807, 2.05) is 19.6 Å². The number of hydrogen-bond acceptors (Lipinski definition) is 2. The van der Waals surface area contributed by atoms with Crippen LogP contribution in [0.3, 0.4) is 0 Å². The minimum Gasteiger partial charge on any atom is -0.292 e. The molecule has 52 valence electrons. The third kappa shape index (κ3) is 7.70. The standard InChI is InChI=1S/C6H13NOSi/c1-9(2,3)6-4-5-8-7/h5,7H2,1-3H3/i5D2. The summed E-state index contributed by atoms with van der Waals surface area (Å²) in [5, 5.41) is 0. The summed E-state index contributed by atoms with van der Waals surface area (Å²) in [5.74, 6) is 7.02. The molecule has 0 rings (SSSR count). The van der Waals surface area contributed by atoms with Crippen LogP contribution in [0.5, 0.6) is 0 Å². The normalized spacial score (nSPS) is 15.1. The molecule has 2 nitrogen and oxygen atoms in total. The average Bonchev–Trinajstić information content (AvgIpc) is 1.83. The topological polar surface area (TPSA) is 35.2 Å². The minimum atomic E-state index is -2.00. The van der Waals surface area contributed by atoms with Crippen molar-refractivity contribution in [2.75, 3.05) is 6.56 Å². The van der Waals surface area contributed by atoms with Crippen molar-refractivity contribution in [2.24, 2.45) is 5.90 Å². The molecule has 0 aliphatic rings. The lowest BCUT2D eigenvalue weighted by atomic mass is 10.8. The van der Waals surface area contributed by atoms with Gasteiger partial charge in [0.15, 0.2) is 0 Å². The quantitative estimate of drug-likeness (QED) is 0.336. The smallest absolute Gasteiger partial charge is 0.129 e. The van der Waals surface area contributed by atoms with Crippen molar-refractivity contribution >= 4 is 8.07 Å². The summed E-state index contributed by atoms with van der Waals surface area (Å²) in [6.45, 7) is 4.06. The molecule has 0 spiro atoms. The van der Waals surface area contributed by atoms with E-state index in [2.05, 4.69) is 22.2 Å². The summed E-state index contributed by atoms with van der Waals surface area (Å²) in [6, 6.07) is 0. The average molecular weight is 145 g/mol. The number of nitrogens with two attached hydrogens (primary N) is 1. The third-order valence-electron chi connectivity index (χ3n) is 0.547. The maximum absolute atomic E-state index is 7.02. The van der Waals surface area contributed by atoms with E-state index in [4.69, 9.17) is 2.74 Å². The molecule has 3 heteroatoms. The van der Waals surface area contributed by atoms with Crippen molar-refractivity contribution in [3.63, 3.8) is 0 Å². The zero-order valence-electron chi connectivity index (χ0n) is 7.99. The second-order valence-electron chi connectivity index (χ2n) is 2.72. The number of hydrogen-bond donors (Lipinski definition) is 1. The predicted octanol–water partition coefficient (Wildman–Crippen LogP) is 0.757. The summed E-state index contributed by atoms with van der Waals surface area (Å²) < 4.78 is 14.0. The molecule has 0 saturated heterocycles. The molecular weight excluding hydrogens is 130 g/mol. The maximum Gasteiger partial charge on any atom is 0.129 e. The molecule has 0 heterocycles. The monoisotopic (exact) mass is 145 g/mol.